The van der Waals surface area contributed by atoms with E-state index in [4.69, 9.17) is 9.47 Å². The summed E-state index contributed by atoms with van der Waals surface area (Å²) in [4.78, 5) is 23.2. The summed E-state index contributed by atoms with van der Waals surface area (Å²) in [7, 11) is 0. The third-order valence-corrected chi connectivity index (χ3v) is 3.60. The molecule has 2 aromatic carbocycles. The van der Waals surface area contributed by atoms with Crippen LogP contribution in [0.15, 0.2) is 48.6 Å². The Morgan fingerprint density at radius 1 is 0.690 bits per heavy atom. The zero-order chi connectivity index (χ0) is 21.2. The van der Waals surface area contributed by atoms with Gasteiger partial charge in [0.15, 0.2) is 23.0 Å². The molecule has 0 unspecified atom stereocenters. The maximum atomic E-state index is 11.6. The van der Waals surface area contributed by atoms with Crippen LogP contribution in [0, 0.1) is 0 Å². The fourth-order valence-corrected chi connectivity index (χ4v) is 2.12. The van der Waals surface area contributed by atoms with Crippen LogP contribution >= 0.6 is 0 Å². The van der Waals surface area contributed by atoms with Crippen molar-refractivity contribution in [2.24, 2.45) is 0 Å². The van der Waals surface area contributed by atoms with Gasteiger partial charge in [-0.25, -0.2) is 9.59 Å². The number of phenolic OH excluding ortho intramolecular Hbond substituents is 4. The van der Waals surface area contributed by atoms with E-state index >= 15 is 0 Å². The fraction of sp³-hybridized carbons (Fsp3) is 0.143. The molecule has 152 valence electrons. The molecule has 2 rings (SSSR count). The highest BCUT2D eigenvalue weighted by molar-refractivity contribution is 5.87. The highest BCUT2D eigenvalue weighted by Crippen LogP contribution is 2.26. The van der Waals surface area contributed by atoms with Crippen molar-refractivity contribution in [2.45, 2.75) is 6.42 Å². The van der Waals surface area contributed by atoms with Gasteiger partial charge < -0.3 is 29.9 Å². The van der Waals surface area contributed by atoms with Crippen LogP contribution in [-0.2, 0) is 19.1 Å². The zero-order valence-corrected chi connectivity index (χ0v) is 15.3. The minimum atomic E-state index is -0.601. The van der Waals surface area contributed by atoms with Gasteiger partial charge in [0.05, 0.1) is 13.2 Å². The first-order valence-corrected chi connectivity index (χ1v) is 8.59. The molecule has 0 fully saturated rings. The molecule has 0 aliphatic rings. The number of carbonyl (C=O) groups is 2. The summed E-state index contributed by atoms with van der Waals surface area (Å²) >= 11 is 0. The van der Waals surface area contributed by atoms with E-state index in [9.17, 15) is 30.0 Å². The molecule has 0 amide bonds. The van der Waals surface area contributed by atoms with Gasteiger partial charge in [0.2, 0.25) is 0 Å². The second kappa shape index (κ2) is 10.4. The fourth-order valence-electron chi connectivity index (χ4n) is 2.12. The summed E-state index contributed by atoms with van der Waals surface area (Å²) in [6.07, 6.45) is 5.50. The molecule has 0 bridgehead atoms. The van der Waals surface area contributed by atoms with Gasteiger partial charge in [-0.05, 0) is 47.5 Å². The van der Waals surface area contributed by atoms with E-state index in [1.807, 2.05) is 0 Å². The lowest BCUT2D eigenvalue weighted by molar-refractivity contribution is -0.140. The normalized spacial score (nSPS) is 11.0. The minimum absolute atomic E-state index is 0.0484. The maximum absolute atomic E-state index is 11.6. The van der Waals surface area contributed by atoms with Gasteiger partial charge in [0.25, 0.3) is 0 Å². The van der Waals surface area contributed by atoms with Crippen LogP contribution in [0.25, 0.3) is 12.2 Å². The lowest BCUT2D eigenvalue weighted by Gasteiger charge is -2.03. The Kier molecular flexibility index (Phi) is 7.67. The van der Waals surface area contributed by atoms with Crippen molar-refractivity contribution < 1.29 is 39.5 Å². The van der Waals surface area contributed by atoms with Gasteiger partial charge in [-0.15, -0.1) is 0 Å². The summed E-state index contributed by atoms with van der Waals surface area (Å²) in [5, 5.41) is 37.2. The van der Waals surface area contributed by atoms with Crippen molar-refractivity contribution >= 4 is 24.1 Å². The molecule has 0 saturated carbocycles. The second-order valence-corrected chi connectivity index (χ2v) is 5.85. The Morgan fingerprint density at radius 2 is 1.10 bits per heavy atom. The van der Waals surface area contributed by atoms with Crippen LogP contribution in [0.2, 0.25) is 0 Å². The molecular formula is C21H20O8. The van der Waals surface area contributed by atoms with Crippen LogP contribution in [-0.4, -0.2) is 45.6 Å². The maximum Gasteiger partial charge on any atom is 0.330 e. The predicted molar refractivity (Wildman–Crippen MR) is 104 cm³/mol. The topological polar surface area (TPSA) is 134 Å². The van der Waals surface area contributed by atoms with Crippen molar-refractivity contribution in [3.63, 3.8) is 0 Å². The quantitative estimate of drug-likeness (QED) is 0.230. The van der Waals surface area contributed by atoms with Gasteiger partial charge in [-0.1, -0.05) is 12.1 Å². The van der Waals surface area contributed by atoms with Crippen LogP contribution in [0.4, 0.5) is 0 Å². The number of aromatic hydroxyl groups is 4. The van der Waals surface area contributed by atoms with Crippen molar-refractivity contribution in [1.29, 1.82) is 0 Å². The molecule has 29 heavy (non-hydrogen) atoms. The second-order valence-electron chi connectivity index (χ2n) is 5.85. The smallest absolute Gasteiger partial charge is 0.330 e. The van der Waals surface area contributed by atoms with Crippen molar-refractivity contribution in [1.82, 2.24) is 0 Å². The molecule has 0 saturated heterocycles. The number of rotatable bonds is 8. The molecule has 8 heteroatoms. The summed E-state index contributed by atoms with van der Waals surface area (Å²) in [5.41, 5.74) is 1.03. The molecule has 4 N–H and O–H groups in total. The third-order valence-electron chi connectivity index (χ3n) is 3.60. The Bertz CT molecular complexity index is 855. The molecule has 2 aromatic rings. The summed E-state index contributed by atoms with van der Waals surface area (Å²) in [6.45, 7) is 0.0969. The summed E-state index contributed by atoms with van der Waals surface area (Å²) in [5.74, 6) is -2.30. The van der Waals surface area contributed by atoms with Gasteiger partial charge in [-0.2, -0.15) is 0 Å². The number of hydrogen-bond acceptors (Lipinski definition) is 8. The molecule has 0 aromatic heterocycles. The van der Waals surface area contributed by atoms with Crippen molar-refractivity contribution in [3.05, 3.63) is 59.7 Å². The lowest BCUT2D eigenvalue weighted by atomic mass is 10.2. The van der Waals surface area contributed by atoms with Crippen LogP contribution in [0.1, 0.15) is 17.5 Å². The van der Waals surface area contributed by atoms with E-state index in [0.717, 1.165) is 0 Å². The van der Waals surface area contributed by atoms with E-state index in [-0.39, 0.29) is 36.2 Å². The summed E-state index contributed by atoms with van der Waals surface area (Å²) in [6, 6.07) is 8.23. The molecule has 0 atom stereocenters. The van der Waals surface area contributed by atoms with E-state index in [1.165, 1.54) is 60.7 Å². The Balaban J connectivity index is 1.65. The van der Waals surface area contributed by atoms with Crippen LogP contribution in [0.3, 0.4) is 0 Å². The van der Waals surface area contributed by atoms with Crippen molar-refractivity contribution in [3.8, 4) is 23.0 Å². The number of phenols is 4. The molecular weight excluding hydrogens is 380 g/mol. The molecule has 0 aliphatic carbocycles. The van der Waals surface area contributed by atoms with Crippen LogP contribution in [0.5, 0.6) is 23.0 Å². The number of ether oxygens (including phenoxy) is 2. The van der Waals surface area contributed by atoms with Crippen molar-refractivity contribution in [2.75, 3.05) is 13.2 Å². The third kappa shape index (κ3) is 7.30. The largest absolute Gasteiger partial charge is 0.504 e. The van der Waals surface area contributed by atoms with Gasteiger partial charge in [-0.3, -0.25) is 0 Å². The van der Waals surface area contributed by atoms with E-state index in [1.54, 1.807) is 0 Å². The Morgan fingerprint density at radius 3 is 1.48 bits per heavy atom. The minimum Gasteiger partial charge on any atom is -0.504 e. The number of benzene rings is 2. The number of carbonyl (C=O) groups excluding carboxylic acids is 2. The number of hydrogen-bond donors (Lipinski definition) is 4. The van der Waals surface area contributed by atoms with Crippen LogP contribution < -0.4 is 0 Å². The highest BCUT2D eigenvalue weighted by atomic mass is 16.5. The molecule has 0 radical (unpaired) electrons. The molecule has 0 spiro atoms. The van der Waals surface area contributed by atoms with Gasteiger partial charge >= 0.3 is 11.9 Å². The van der Waals surface area contributed by atoms with E-state index in [0.29, 0.717) is 17.5 Å². The predicted octanol–water partition coefficient (Wildman–Crippen LogP) is 2.71. The monoisotopic (exact) mass is 400 g/mol. The highest BCUT2D eigenvalue weighted by Gasteiger charge is 2.02. The standard InChI is InChI=1S/C21H20O8/c22-16-6-2-14(12-18(16)24)4-8-20(26)28-10-1-11-29-21(27)9-5-15-3-7-17(23)19(25)13-15/h2-9,12-13,22-25H,1,10-11H2/b8-4+,9-5+. The Labute approximate surface area is 166 Å². The van der Waals surface area contributed by atoms with E-state index in [2.05, 4.69) is 0 Å². The average Bonchev–Trinajstić information content (AvgIpc) is 2.69. The number of esters is 2. The zero-order valence-electron chi connectivity index (χ0n) is 15.3. The van der Waals surface area contributed by atoms with Gasteiger partial charge in [0, 0.05) is 18.6 Å². The SMILES string of the molecule is O=C(/C=C/c1ccc(O)c(O)c1)OCCCOC(=O)/C=C/c1ccc(O)c(O)c1. The van der Waals surface area contributed by atoms with Gasteiger partial charge in [0.1, 0.15) is 0 Å². The first-order chi connectivity index (χ1) is 13.8. The van der Waals surface area contributed by atoms with E-state index < -0.39 is 11.9 Å². The Hall–Kier alpha value is -3.94. The first kappa shape index (κ1) is 21.4. The molecule has 0 aliphatic heterocycles. The molecule has 0 heterocycles. The lowest BCUT2D eigenvalue weighted by Crippen LogP contribution is -2.08. The summed E-state index contributed by atoms with van der Waals surface area (Å²) < 4.78 is 9.91. The first-order valence-electron chi connectivity index (χ1n) is 8.59. The average molecular weight is 400 g/mol. The molecule has 8 nitrogen and oxygen atoms in total.